The van der Waals surface area contributed by atoms with Crippen LogP contribution in [-0.4, -0.2) is 23.5 Å². The molecule has 0 aromatic heterocycles. The minimum absolute atomic E-state index is 0. The standard InChI is InChI=1S/2C3H4O3.2Na/c2*1-2(4)3(5)6;;/h2*1H3,(H,5,6);;/q;;2*+1/p-2. The molecule has 0 fully saturated rings. The number of aliphatic carboxylic acids is 2. The summed E-state index contributed by atoms with van der Waals surface area (Å²) in [5.41, 5.74) is 0. The summed E-state index contributed by atoms with van der Waals surface area (Å²) in [4.78, 5) is 37.4. The third kappa shape index (κ3) is 22.8. The van der Waals surface area contributed by atoms with Crippen LogP contribution in [0.1, 0.15) is 13.8 Å². The number of rotatable bonds is 2. The van der Waals surface area contributed by atoms with Gasteiger partial charge in [-0.3, -0.25) is 9.59 Å². The van der Waals surface area contributed by atoms with Crippen molar-refractivity contribution in [1.82, 2.24) is 0 Å². The Kier molecular flexibility index (Phi) is 22.6. The molecule has 0 rings (SSSR count). The first-order chi connectivity index (χ1) is 5.29. The van der Waals surface area contributed by atoms with E-state index in [4.69, 9.17) is 0 Å². The van der Waals surface area contributed by atoms with Gasteiger partial charge in [-0.1, -0.05) is 0 Å². The molecule has 0 aliphatic carbocycles. The first-order valence-electron chi connectivity index (χ1n) is 2.72. The maximum atomic E-state index is 9.48. The number of ketones is 2. The molecular formula is C6H6Na2O6. The number of carboxylic acids is 2. The minimum Gasteiger partial charge on any atom is -0.542 e. The van der Waals surface area contributed by atoms with Crippen molar-refractivity contribution in [3.63, 3.8) is 0 Å². The summed E-state index contributed by atoms with van der Waals surface area (Å²) in [6, 6.07) is 0. The largest absolute Gasteiger partial charge is 1.00 e. The van der Waals surface area contributed by atoms with Gasteiger partial charge in [0.25, 0.3) is 0 Å². The van der Waals surface area contributed by atoms with Crippen LogP contribution in [0.15, 0.2) is 0 Å². The van der Waals surface area contributed by atoms with E-state index in [1.165, 1.54) is 0 Å². The number of hydrogen-bond acceptors (Lipinski definition) is 6. The Morgan fingerprint density at radius 3 is 0.786 bits per heavy atom. The van der Waals surface area contributed by atoms with Crippen molar-refractivity contribution in [3.05, 3.63) is 0 Å². The summed E-state index contributed by atoms with van der Waals surface area (Å²) < 4.78 is 0. The molecule has 0 aromatic rings. The molecule has 0 aromatic carbocycles. The Bertz CT molecular complexity index is 176. The first-order valence-corrected chi connectivity index (χ1v) is 2.72. The van der Waals surface area contributed by atoms with Gasteiger partial charge < -0.3 is 19.8 Å². The van der Waals surface area contributed by atoms with E-state index in [0.717, 1.165) is 13.8 Å². The van der Waals surface area contributed by atoms with Crippen LogP contribution in [0, 0.1) is 0 Å². The van der Waals surface area contributed by atoms with Gasteiger partial charge in [0, 0.05) is 13.8 Å². The quantitative estimate of drug-likeness (QED) is 0.337. The second-order valence-electron chi connectivity index (χ2n) is 1.69. The fourth-order valence-corrected chi connectivity index (χ4v) is 0. The SMILES string of the molecule is CC(=O)C(=O)[O-].CC(=O)C(=O)[O-].[Na+].[Na+]. The average molecular weight is 220 g/mol. The summed E-state index contributed by atoms with van der Waals surface area (Å²) in [6.07, 6.45) is 0. The van der Waals surface area contributed by atoms with Gasteiger partial charge in [0.15, 0.2) is 11.6 Å². The van der Waals surface area contributed by atoms with Gasteiger partial charge >= 0.3 is 59.1 Å². The predicted octanol–water partition coefficient (Wildman–Crippen LogP) is -9.34. The number of hydrogen-bond donors (Lipinski definition) is 0. The molecule has 0 amide bonds. The molecular weight excluding hydrogens is 214 g/mol. The van der Waals surface area contributed by atoms with Gasteiger partial charge in [-0.15, -0.1) is 0 Å². The third-order valence-electron chi connectivity index (χ3n) is 0.575. The molecule has 0 saturated heterocycles. The second-order valence-corrected chi connectivity index (χ2v) is 1.69. The van der Waals surface area contributed by atoms with Gasteiger partial charge in [-0.2, -0.15) is 0 Å². The molecule has 0 N–H and O–H groups in total. The van der Waals surface area contributed by atoms with E-state index >= 15 is 0 Å². The zero-order chi connectivity index (χ0) is 10.3. The molecule has 0 atom stereocenters. The minimum atomic E-state index is -1.63. The Hall–Kier alpha value is 0.280. The van der Waals surface area contributed by atoms with Crippen LogP contribution in [0.2, 0.25) is 0 Å². The van der Waals surface area contributed by atoms with Crippen molar-refractivity contribution in [1.29, 1.82) is 0 Å². The predicted molar refractivity (Wildman–Crippen MR) is 31.4 cm³/mol. The molecule has 0 radical (unpaired) electrons. The van der Waals surface area contributed by atoms with Crippen LogP contribution in [-0.2, 0) is 19.2 Å². The van der Waals surface area contributed by atoms with E-state index in [-0.39, 0.29) is 59.1 Å². The third-order valence-corrected chi connectivity index (χ3v) is 0.575. The normalized spacial score (nSPS) is 6.43. The molecule has 0 heterocycles. The molecule has 14 heavy (non-hydrogen) atoms. The van der Waals surface area contributed by atoms with Crippen molar-refractivity contribution >= 4 is 23.5 Å². The fraction of sp³-hybridized carbons (Fsp3) is 0.333. The Morgan fingerprint density at radius 2 is 0.786 bits per heavy atom. The van der Waals surface area contributed by atoms with Crippen molar-refractivity contribution in [2.24, 2.45) is 0 Å². The van der Waals surface area contributed by atoms with Crippen molar-refractivity contribution in [2.45, 2.75) is 13.8 Å². The monoisotopic (exact) mass is 220 g/mol. The molecule has 0 spiro atoms. The van der Waals surface area contributed by atoms with E-state index in [9.17, 15) is 29.4 Å². The summed E-state index contributed by atoms with van der Waals surface area (Å²) in [5, 5.41) is 18.5. The Balaban J connectivity index is -0.0000000625. The molecule has 8 heteroatoms. The van der Waals surface area contributed by atoms with Gasteiger partial charge in [-0.05, 0) is 0 Å². The number of Topliss-reactive ketones (excluding diaryl/α,β-unsaturated/α-hetero) is 2. The molecule has 0 aliphatic heterocycles. The van der Waals surface area contributed by atoms with Crippen molar-refractivity contribution < 1.29 is 88.5 Å². The zero-order valence-electron chi connectivity index (χ0n) is 8.45. The van der Waals surface area contributed by atoms with Gasteiger partial charge in [0.1, 0.15) is 11.9 Å². The maximum Gasteiger partial charge on any atom is 1.00 e. The molecule has 0 unspecified atom stereocenters. The summed E-state index contributed by atoms with van der Waals surface area (Å²) in [7, 11) is 0. The van der Waals surface area contributed by atoms with Crippen molar-refractivity contribution in [3.8, 4) is 0 Å². The number of carbonyl (C=O) groups is 4. The smallest absolute Gasteiger partial charge is 0.542 e. The Labute approximate surface area is 125 Å². The second kappa shape index (κ2) is 13.3. The van der Waals surface area contributed by atoms with E-state index in [2.05, 4.69) is 0 Å². The van der Waals surface area contributed by atoms with Crippen LogP contribution < -0.4 is 69.3 Å². The van der Waals surface area contributed by atoms with Gasteiger partial charge in [-0.25, -0.2) is 0 Å². The molecule has 6 nitrogen and oxygen atoms in total. The van der Waals surface area contributed by atoms with E-state index in [1.54, 1.807) is 0 Å². The molecule has 0 saturated carbocycles. The fourth-order valence-electron chi connectivity index (χ4n) is 0. The van der Waals surface area contributed by atoms with E-state index < -0.39 is 23.5 Å². The van der Waals surface area contributed by atoms with Crippen LogP contribution in [0.5, 0.6) is 0 Å². The average Bonchev–Trinajstić information content (AvgIpc) is 1.88. The molecule has 0 bridgehead atoms. The van der Waals surface area contributed by atoms with Crippen LogP contribution in [0.4, 0.5) is 0 Å². The number of carbonyl (C=O) groups excluding carboxylic acids is 4. The first kappa shape index (κ1) is 23.8. The van der Waals surface area contributed by atoms with Gasteiger partial charge in [0.2, 0.25) is 0 Å². The van der Waals surface area contributed by atoms with E-state index in [0.29, 0.717) is 0 Å². The molecule has 0 aliphatic rings. The zero-order valence-corrected chi connectivity index (χ0v) is 12.4. The number of carboxylic acid groups (broad SMARTS) is 2. The Morgan fingerprint density at radius 1 is 0.714 bits per heavy atom. The van der Waals surface area contributed by atoms with Gasteiger partial charge in [0.05, 0.1) is 0 Å². The maximum absolute atomic E-state index is 9.48. The topological polar surface area (TPSA) is 114 Å². The summed E-state index contributed by atoms with van der Waals surface area (Å²) in [5.74, 6) is -5.13. The summed E-state index contributed by atoms with van der Waals surface area (Å²) >= 11 is 0. The van der Waals surface area contributed by atoms with Crippen LogP contribution in [0.3, 0.4) is 0 Å². The van der Waals surface area contributed by atoms with Crippen molar-refractivity contribution in [2.75, 3.05) is 0 Å². The van der Waals surface area contributed by atoms with Crippen LogP contribution >= 0.6 is 0 Å². The van der Waals surface area contributed by atoms with Crippen LogP contribution in [0.25, 0.3) is 0 Å². The molecule has 68 valence electrons. The van der Waals surface area contributed by atoms with E-state index in [1.807, 2.05) is 0 Å². The summed E-state index contributed by atoms with van der Waals surface area (Å²) in [6.45, 7) is 1.88.